The van der Waals surface area contributed by atoms with Gasteiger partial charge in [-0.25, -0.2) is 14.4 Å². The van der Waals surface area contributed by atoms with Crippen LogP contribution in [0.15, 0.2) is 60.2 Å². The minimum Gasteiger partial charge on any atom is -0.326 e. The molecule has 8 heteroatoms. The Hall–Kier alpha value is -3.39. The molecule has 0 aliphatic rings. The number of hydrogen-bond donors (Lipinski definition) is 2. The number of nitrogens with zero attached hydrogens (tertiary/aromatic N) is 3. The average molecular weight is 379 g/mol. The quantitative estimate of drug-likeness (QED) is 0.551. The van der Waals surface area contributed by atoms with Gasteiger partial charge in [-0.1, -0.05) is 24.3 Å². The third kappa shape index (κ3) is 4.06. The molecule has 0 saturated carbocycles. The number of thiazole rings is 1. The Morgan fingerprint density at radius 2 is 2.00 bits per heavy atom. The van der Waals surface area contributed by atoms with E-state index in [2.05, 4.69) is 25.5 Å². The van der Waals surface area contributed by atoms with Crippen LogP contribution in [0.3, 0.4) is 0 Å². The van der Waals surface area contributed by atoms with Crippen molar-refractivity contribution in [2.75, 3.05) is 5.32 Å². The number of rotatable bonds is 5. The van der Waals surface area contributed by atoms with Gasteiger partial charge in [0.15, 0.2) is 5.82 Å². The van der Waals surface area contributed by atoms with Gasteiger partial charge in [-0.15, -0.1) is 11.3 Å². The summed E-state index contributed by atoms with van der Waals surface area (Å²) in [5.41, 5.74) is 2.83. The zero-order valence-corrected chi connectivity index (χ0v) is 14.8. The second kappa shape index (κ2) is 7.46. The van der Waals surface area contributed by atoms with Gasteiger partial charge in [0.05, 0.1) is 12.1 Å². The van der Waals surface area contributed by atoms with Crippen LogP contribution < -0.4 is 5.32 Å². The first-order valence-corrected chi connectivity index (χ1v) is 9.01. The monoisotopic (exact) mass is 379 g/mol. The number of nitrogens with one attached hydrogen (secondary N) is 2. The molecule has 2 heterocycles. The highest BCUT2D eigenvalue weighted by atomic mass is 32.1. The molecule has 0 bridgehead atoms. The van der Waals surface area contributed by atoms with Crippen molar-refractivity contribution in [1.29, 1.82) is 0 Å². The van der Waals surface area contributed by atoms with E-state index in [4.69, 9.17) is 0 Å². The molecule has 0 aliphatic heterocycles. The molecule has 0 unspecified atom stereocenters. The molecule has 2 aromatic carbocycles. The van der Waals surface area contributed by atoms with Crippen LogP contribution in [0, 0.1) is 5.82 Å². The number of amides is 1. The van der Waals surface area contributed by atoms with Gasteiger partial charge in [-0.3, -0.25) is 9.89 Å². The van der Waals surface area contributed by atoms with Crippen LogP contribution in [0.1, 0.15) is 5.69 Å². The molecule has 2 N–H and O–H groups in total. The molecule has 27 heavy (non-hydrogen) atoms. The largest absolute Gasteiger partial charge is 0.326 e. The number of hydrogen-bond acceptors (Lipinski definition) is 5. The summed E-state index contributed by atoms with van der Waals surface area (Å²) >= 11 is 1.38. The third-order valence-electron chi connectivity index (χ3n) is 3.80. The van der Waals surface area contributed by atoms with Gasteiger partial charge in [-0.05, 0) is 24.3 Å². The fourth-order valence-corrected chi connectivity index (χ4v) is 3.42. The van der Waals surface area contributed by atoms with Crippen LogP contribution in [0.4, 0.5) is 10.1 Å². The minimum absolute atomic E-state index is 0.137. The maximum atomic E-state index is 13.3. The molecular weight excluding hydrogens is 365 g/mol. The van der Waals surface area contributed by atoms with Crippen molar-refractivity contribution in [3.63, 3.8) is 0 Å². The van der Waals surface area contributed by atoms with Crippen LogP contribution in [-0.4, -0.2) is 26.1 Å². The van der Waals surface area contributed by atoms with Crippen LogP contribution in [0.25, 0.3) is 22.0 Å². The van der Waals surface area contributed by atoms with Crippen molar-refractivity contribution < 1.29 is 9.18 Å². The number of carbonyl (C=O) groups excluding carboxylic acids is 1. The van der Waals surface area contributed by atoms with E-state index < -0.39 is 0 Å². The van der Waals surface area contributed by atoms with Crippen molar-refractivity contribution in [2.45, 2.75) is 6.42 Å². The van der Waals surface area contributed by atoms with Crippen LogP contribution in [-0.2, 0) is 11.2 Å². The van der Waals surface area contributed by atoms with E-state index >= 15 is 0 Å². The normalized spacial score (nSPS) is 10.7. The highest BCUT2D eigenvalue weighted by Crippen LogP contribution is 2.25. The van der Waals surface area contributed by atoms with Crippen LogP contribution >= 0.6 is 11.3 Å². The molecule has 0 aliphatic carbocycles. The lowest BCUT2D eigenvalue weighted by atomic mass is 10.2. The third-order valence-corrected chi connectivity index (χ3v) is 4.74. The molecule has 0 radical (unpaired) electrons. The Labute approximate surface area is 158 Å². The lowest BCUT2D eigenvalue weighted by Crippen LogP contribution is -2.14. The highest BCUT2D eigenvalue weighted by molar-refractivity contribution is 7.13. The summed E-state index contributed by atoms with van der Waals surface area (Å²) in [6.07, 6.45) is 1.57. The Morgan fingerprint density at radius 3 is 2.81 bits per heavy atom. The molecule has 4 aromatic rings. The fourth-order valence-electron chi connectivity index (χ4n) is 2.60. The molecule has 2 aromatic heterocycles. The van der Waals surface area contributed by atoms with Crippen molar-refractivity contribution in [3.8, 4) is 22.0 Å². The lowest BCUT2D eigenvalue weighted by molar-refractivity contribution is -0.115. The van der Waals surface area contributed by atoms with Gasteiger partial charge in [-0.2, -0.15) is 5.10 Å². The Bertz CT molecular complexity index is 1080. The molecule has 0 spiro atoms. The van der Waals surface area contributed by atoms with Crippen molar-refractivity contribution in [3.05, 3.63) is 71.7 Å². The Balaban J connectivity index is 1.44. The molecule has 4 rings (SSSR count). The number of aromatic nitrogens is 4. The van der Waals surface area contributed by atoms with E-state index in [1.54, 1.807) is 18.2 Å². The first-order valence-electron chi connectivity index (χ1n) is 8.13. The number of anilines is 1. The maximum absolute atomic E-state index is 13.3. The van der Waals surface area contributed by atoms with Gasteiger partial charge in [0.2, 0.25) is 5.91 Å². The zero-order valence-electron chi connectivity index (χ0n) is 14.0. The van der Waals surface area contributed by atoms with E-state index in [9.17, 15) is 9.18 Å². The average Bonchev–Trinajstić information content (AvgIpc) is 3.34. The summed E-state index contributed by atoms with van der Waals surface area (Å²) in [6.45, 7) is 0. The summed E-state index contributed by atoms with van der Waals surface area (Å²) in [4.78, 5) is 20.9. The number of halogens is 1. The topological polar surface area (TPSA) is 83.6 Å². The highest BCUT2D eigenvalue weighted by Gasteiger charge is 2.11. The molecule has 134 valence electrons. The summed E-state index contributed by atoms with van der Waals surface area (Å²) in [7, 11) is 0. The van der Waals surface area contributed by atoms with Gasteiger partial charge < -0.3 is 5.32 Å². The van der Waals surface area contributed by atoms with E-state index in [0.717, 1.165) is 5.56 Å². The molecule has 0 fully saturated rings. The fraction of sp³-hybridized carbons (Fsp3) is 0.0526. The number of carbonyl (C=O) groups is 1. The summed E-state index contributed by atoms with van der Waals surface area (Å²) < 4.78 is 13.3. The Morgan fingerprint density at radius 1 is 1.15 bits per heavy atom. The first kappa shape index (κ1) is 17.0. The standard InChI is InChI=1S/C19H14FN5OS/c20-14-5-1-4-13(7-14)19-24-16(10-27-19)9-17(26)23-15-6-2-3-12(8-15)18-21-11-22-25-18/h1-8,10-11H,9H2,(H,23,26)(H,21,22,25). The molecule has 1 amide bonds. The maximum Gasteiger partial charge on any atom is 0.230 e. The summed E-state index contributed by atoms with van der Waals surface area (Å²) in [5, 5.41) is 12.0. The van der Waals surface area contributed by atoms with E-state index in [1.807, 2.05) is 23.6 Å². The summed E-state index contributed by atoms with van der Waals surface area (Å²) in [5.74, 6) is 0.139. The second-order valence-electron chi connectivity index (χ2n) is 5.79. The lowest BCUT2D eigenvalue weighted by Gasteiger charge is -2.05. The van der Waals surface area contributed by atoms with Gasteiger partial charge in [0, 0.05) is 22.2 Å². The van der Waals surface area contributed by atoms with E-state index in [-0.39, 0.29) is 18.1 Å². The predicted octanol–water partition coefficient (Wildman–Crippen LogP) is 3.92. The number of aromatic amines is 1. The predicted molar refractivity (Wildman–Crippen MR) is 102 cm³/mol. The molecule has 6 nitrogen and oxygen atoms in total. The Kier molecular flexibility index (Phi) is 4.71. The van der Waals surface area contributed by atoms with Gasteiger partial charge in [0.1, 0.15) is 17.2 Å². The van der Waals surface area contributed by atoms with Gasteiger partial charge in [0.25, 0.3) is 0 Å². The molecule has 0 atom stereocenters. The van der Waals surface area contributed by atoms with Crippen LogP contribution in [0.5, 0.6) is 0 Å². The number of benzene rings is 2. The SMILES string of the molecule is O=C(Cc1csc(-c2cccc(F)c2)n1)Nc1cccc(-c2ncn[nH]2)c1. The zero-order chi connectivity index (χ0) is 18.6. The minimum atomic E-state index is -0.311. The second-order valence-corrected chi connectivity index (χ2v) is 6.65. The van der Waals surface area contributed by atoms with Crippen molar-refractivity contribution in [1.82, 2.24) is 20.2 Å². The smallest absolute Gasteiger partial charge is 0.230 e. The molecule has 0 saturated heterocycles. The summed E-state index contributed by atoms with van der Waals surface area (Å²) in [6, 6.07) is 13.6. The number of H-pyrrole nitrogens is 1. The first-order chi connectivity index (χ1) is 13.2. The van der Waals surface area contributed by atoms with Crippen LogP contribution in [0.2, 0.25) is 0 Å². The van der Waals surface area contributed by atoms with Crippen molar-refractivity contribution in [2.24, 2.45) is 0 Å². The van der Waals surface area contributed by atoms with E-state index in [0.29, 0.717) is 27.8 Å². The van der Waals surface area contributed by atoms with Gasteiger partial charge >= 0.3 is 0 Å². The van der Waals surface area contributed by atoms with E-state index in [1.165, 1.54) is 29.8 Å². The van der Waals surface area contributed by atoms with Crippen molar-refractivity contribution >= 4 is 22.9 Å². The molecular formula is C19H14FN5OS.